The first kappa shape index (κ1) is 8.47. The lowest BCUT2D eigenvalue weighted by atomic mass is 10.4. The Kier molecular flexibility index (Phi) is 2.74. The van der Waals surface area contributed by atoms with Gasteiger partial charge < -0.3 is 9.47 Å². The fourth-order valence-corrected chi connectivity index (χ4v) is 1.15. The van der Waals surface area contributed by atoms with Gasteiger partial charge in [0.05, 0.1) is 32.1 Å². The van der Waals surface area contributed by atoms with Gasteiger partial charge in [0.25, 0.3) is 0 Å². The maximum atomic E-state index is 5.29. The second kappa shape index (κ2) is 4.20. The molecule has 0 spiro atoms. The van der Waals surface area contributed by atoms with Crippen molar-refractivity contribution in [3.8, 4) is 0 Å². The van der Waals surface area contributed by atoms with Gasteiger partial charge in [-0.2, -0.15) is 5.10 Å². The fraction of sp³-hybridized carbons (Fsp3) is 0.444. The summed E-state index contributed by atoms with van der Waals surface area (Å²) in [6.07, 6.45) is 3.77. The molecule has 0 bridgehead atoms. The first-order chi connectivity index (χ1) is 6.45. The fourth-order valence-electron chi connectivity index (χ4n) is 1.15. The summed E-state index contributed by atoms with van der Waals surface area (Å²) in [4.78, 5) is 0. The molecule has 1 aliphatic rings. The highest BCUT2D eigenvalue weighted by molar-refractivity contribution is 5.86. The van der Waals surface area contributed by atoms with Gasteiger partial charge in [0.1, 0.15) is 0 Å². The lowest BCUT2D eigenvalue weighted by Crippen LogP contribution is -2.12. The molecule has 0 radical (unpaired) electrons. The highest BCUT2D eigenvalue weighted by atomic mass is 16.5. The van der Waals surface area contributed by atoms with Crippen molar-refractivity contribution in [3.63, 3.8) is 0 Å². The molecule has 70 valence electrons. The molecule has 0 aliphatic carbocycles. The van der Waals surface area contributed by atoms with E-state index in [0.29, 0.717) is 26.4 Å². The Bertz CT molecular complexity index is 270. The Hall–Kier alpha value is -1.13. The van der Waals surface area contributed by atoms with Crippen LogP contribution in [-0.4, -0.2) is 36.8 Å². The summed E-state index contributed by atoms with van der Waals surface area (Å²) in [6, 6.07) is 3.87. The number of ether oxygens (including phenoxy) is 2. The molecule has 2 rings (SSSR count). The highest BCUT2D eigenvalue weighted by Gasteiger charge is 2.05. The summed E-state index contributed by atoms with van der Waals surface area (Å²) >= 11 is 0. The lowest BCUT2D eigenvalue weighted by Gasteiger charge is -2.00. The average Bonchev–Trinajstić information content (AvgIpc) is 2.49. The van der Waals surface area contributed by atoms with Crippen LogP contribution < -0.4 is 0 Å². The smallest absolute Gasteiger partial charge is 0.0902 e. The van der Waals surface area contributed by atoms with E-state index in [1.54, 1.807) is 4.68 Å². The summed E-state index contributed by atoms with van der Waals surface area (Å²) in [5.41, 5.74) is 0.925. The molecular formula is C9H12N2O2. The van der Waals surface area contributed by atoms with Crippen LogP contribution >= 0.6 is 0 Å². The molecular weight excluding hydrogens is 168 g/mol. The molecule has 0 N–H and O–H groups in total. The molecule has 0 aromatic carbocycles. The Labute approximate surface area is 76.8 Å². The zero-order chi connectivity index (χ0) is 8.93. The van der Waals surface area contributed by atoms with Gasteiger partial charge in [-0.05, 0) is 12.1 Å². The molecule has 0 unspecified atom stereocenters. The summed E-state index contributed by atoms with van der Waals surface area (Å²) in [7, 11) is 0. The van der Waals surface area contributed by atoms with Crippen LogP contribution in [0.2, 0.25) is 0 Å². The van der Waals surface area contributed by atoms with E-state index in [1.807, 2.05) is 24.5 Å². The quantitative estimate of drug-likeness (QED) is 0.639. The van der Waals surface area contributed by atoms with Crippen LogP contribution in [0.1, 0.15) is 0 Å². The van der Waals surface area contributed by atoms with Crippen LogP contribution in [0.5, 0.6) is 0 Å². The van der Waals surface area contributed by atoms with Crippen molar-refractivity contribution in [2.75, 3.05) is 26.4 Å². The summed E-state index contributed by atoms with van der Waals surface area (Å²) in [6.45, 7) is 2.45. The van der Waals surface area contributed by atoms with Gasteiger partial charge in [-0.25, -0.2) is 4.68 Å². The second-order valence-electron chi connectivity index (χ2n) is 2.83. The zero-order valence-corrected chi connectivity index (χ0v) is 7.35. The number of nitrogens with zero attached hydrogens (tertiary/aromatic N) is 2. The minimum absolute atomic E-state index is 0.568. The van der Waals surface area contributed by atoms with E-state index in [1.165, 1.54) is 0 Å². The van der Waals surface area contributed by atoms with Crippen molar-refractivity contribution in [2.24, 2.45) is 5.10 Å². The van der Waals surface area contributed by atoms with Gasteiger partial charge in [-0.15, -0.1) is 0 Å². The van der Waals surface area contributed by atoms with Crippen LogP contribution in [0.3, 0.4) is 0 Å². The number of rotatable bonds is 1. The van der Waals surface area contributed by atoms with Crippen molar-refractivity contribution in [2.45, 2.75) is 0 Å². The van der Waals surface area contributed by atoms with E-state index in [4.69, 9.17) is 9.47 Å². The third-order valence-electron chi connectivity index (χ3n) is 1.75. The van der Waals surface area contributed by atoms with Gasteiger partial charge in [0, 0.05) is 12.4 Å². The maximum absolute atomic E-state index is 5.29. The predicted molar refractivity (Wildman–Crippen MR) is 48.9 cm³/mol. The van der Waals surface area contributed by atoms with E-state index in [0.717, 1.165) is 5.71 Å². The molecule has 0 amide bonds. The lowest BCUT2D eigenvalue weighted by molar-refractivity contribution is 0.103. The minimum Gasteiger partial charge on any atom is -0.373 e. The van der Waals surface area contributed by atoms with Crippen molar-refractivity contribution in [1.29, 1.82) is 0 Å². The molecule has 4 nitrogen and oxygen atoms in total. The molecule has 2 heterocycles. The van der Waals surface area contributed by atoms with Crippen LogP contribution in [0.15, 0.2) is 29.6 Å². The van der Waals surface area contributed by atoms with Gasteiger partial charge in [-0.3, -0.25) is 0 Å². The highest BCUT2D eigenvalue weighted by Crippen LogP contribution is 1.95. The molecule has 1 aromatic heterocycles. The normalized spacial score (nSPS) is 18.3. The van der Waals surface area contributed by atoms with Crippen molar-refractivity contribution in [3.05, 3.63) is 24.5 Å². The minimum atomic E-state index is 0.568. The molecule has 1 fully saturated rings. The third kappa shape index (κ3) is 2.40. The Balaban J connectivity index is 2.05. The Morgan fingerprint density at radius 3 is 2.31 bits per heavy atom. The number of hydrogen-bond acceptors (Lipinski definition) is 3. The van der Waals surface area contributed by atoms with E-state index in [-0.39, 0.29) is 0 Å². The van der Waals surface area contributed by atoms with Crippen LogP contribution in [0, 0.1) is 0 Å². The topological polar surface area (TPSA) is 35.8 Å². The van der Waals surface area contributed by atoms with Crippen LogP contribution in [0.25, 0.3) is 0 Å². The Morgan fingerprint density at radius 2 is 1.69 bits per heavy atom. The summed E-state index contributed by atoms with van der Waals surface area (Å²) in [5.74, 6) is 0. The van der Waals surface area contributed by atoms with Gasteiger partial charge >= 0.3 is 0 Å². The molecule has 13 heavy (non-hydrogen) atoms. The van der Waals surface area contributed by atoms with Gasteiger partial charge in [-0.1, -0.05) is 0 Å². The first-order valence-electron chi connectivity index (χ1n) is 4.30. The molecule has 1 aliphatic heterocycles. The number of hydrogen-bond donors (Lipinski definition) is 0. The molecule has 1 saturated heterocycles. The van der Waals surface area contributed by atoms with Crippen LogP contribution in [-0.2, 0) is 9.47 Å². The standard InChI is InChI=1S/C9H12N2O2/c1-2-4-11(3-1)10-9-7-12-5-6-13-8-9/h1-4H,5-8H2. The maximum Gasteiger partial charge on any atom is 0.0902 e. The van der Waals surface area contributed by atoms with E-state index in [9.17, 15) is 0 Å². The van der Waals surface area contributed by atoms with Crippen molar-refractivity contribution in [1.82, 2.24) is 4.68 Å². The van der Waals surface area contributed by atoms with Crippen LogP contribution in [0.4, 0.5) is 0 Å². The Morgan fingerprint density at radius 1 is 1.08 bits per heavy atom. The second-order valence-corrected chi connectivity index (χ2v) is 2.83. The largest absolute Gasteiger partial charge is 0.373 e. The molecule has 4 heteroatoms. The SMILES string of the molecule is c1ccn(N=C2COCCOC2)c1. The molecule has 0 saturated carbocycles. The van der Waals surface area contributed by atoms with Gasteiger partial charge in [0.15, 0.2) is 0 Å². The third-order valence-corrected chi connectivity index (χ3v) is 1.75. The average molecular weight is 180 g/mol. The summed E-state index contributed by atoms with van der Waals surface area (Å²) < 4.78 is 12.3. The van der Waals surface area contributed by atoms with Gasteiger partial charge in [0.2, 0.25) is 0 Å². The monoisotopic (exact) mass is 180 g/mol. The van der Waals surface area contributed by atoms with E-state index in [2.05, 4.69) is 5.10 Å². The summed E-state index contributed by atoms with van der Waals surface area (Å²) in [5, 5.41) is 4.32. The zero-order valence-electron chi connectivity index (χ0n) is 7.35. The molecule has 1 aromatic rings. The van der Waals surface area contributed by atoms with Crippen molar-refractivity contribution < 1.29 is 9.47 Å². The first-order valence-corrected chi connectivity index (χ1v) is 4.30. The van der Waals surface area contributed by atoms with E-state index >= 15 is 0 Å². The predicted octanol–water partition coefficient (Wildman–Crippen LogP) is 0.739. The number of aromatic nitrogens is 1. The van der Waals surface area contributed by atoms with E-state index < -0.39 is 0 Å². The van der Waals surface area contributed by atoms with Crippen molar-refractivity contribution >= 4 is 5.71 Å². The molecule has 0 atom stereocenters.